The SMILES string of the molecule is N#CCC1(n2nc(Nc3ccc(C#N)cc3)c3c(=O)[nH]ccc32)CCN(C(=O)O)CC1. The van der Waals surface area contributed by atoms with E-state index in [0.29, 0.717) is 40.8 Å². The lowest BCUT2D eigenvalue weighted by Gasteiger charge is -2.40. The summed E-state index contributed by atoms with van der Waals surface area (Å²) < 4.78 is 1.70. The van der Waals surface area contributed by atoms with Crippen molar-refractivity contribution < 1.29 is 9.90 Å². The van der Waals surface area contributed by atoms with Crippen LogP contribution in [0.4, 0.5) is 16.3 Å². The van der Waals surface area contributed by atoms with Crippen LogP contribution in [0.15, 0.2) is 41.3 Å². The molecule has 0 atom stereocenters. The summed E-state index contributed by atoms with van der Waals surface area (Å²) in [6, 6.07) is 12.7. The maximum atomic E-state index is 12.6. The number of fused-ring (bicyclic) bond motifs is 1. The number of hydrogen-bond donors (Lipinski definition) is 3. The van der Waals surface area contributed by atoms with Crippen molar-refractivity contribution in [2.45, 2.75) is 24.8 Å². The Kier molecular flexibility index (Phi) is 5.05. The molecule has 0 radical (unpaired) electrons. The largest absolute Gasteiger partial charge is 0.465 e. The van der Waals surface area contributed by atoms with Gasteiger partial charge in [-0.1, -0.05) is 0 Å². The van der Waals surface area contributed by atoms with E-state index in [0.717, 1.165) is 0 Å². The number of rotatable bonds is 4. The maximum absolute atomic E-state index is 12.6. The fourth-order valence-electron chi connectivity index (χ4n) is 4.02. The summed E-state index contributed by atoms with van der Waals surface area (Å²) in [4.78, 5) is 28.0. The van der Waals surface area contributed by atoms with Gasteiger partial charge in [-0.2, -0.15) is 15.6 Å². The van der Waals surface area contributed by atoms with Gasteiger partial charge in [0.25, 0.3) is 5.56 Å². The number of nitriles is 2. The molecule has 0 spiro atoms. The molecule has 3 aromatic rings. The van der Waals surface area contributed by atoms with E-state index in [4.69, 9.17) is 5.26 Å². The van der Waals surface area contributed by atoms with Crippen molar-refractivity contribution in [1.29, 1.82) is 10.5 Å². The summed E-state index contributed by atoms with van der Waals surface area (Å²) in [5, 5.41) is 35.9. The molecule has 3 heterocycles. The Bertz CT molecular complexity index is 1270. The zero-order valence-electron chi connectivity index (χ0n) is 16.5. The molecule has 10 heteroatoms. The second-order valence-electron chi connectivity index (χ2n) is 7.47. The first-order valence-corrected chi connectivity index (χ1v) is 9.70. The van der Waals surface area contributed by atoms with Crippen LogP contribution in [-0.4, -0.2) is 44.0 Å². The van der Waals surface area contributed by atoms with Gasteiger partial charge in [0.15, 0.2) is 5.82 Å². The molecule has 2 aromatic heterocycles. The van der Waals surface area contributed by atoms with Crippen molar-refractivity contribution in [3.63, 3.8) is 0 Å². The lowest BCUT2D eigenvalue weighted by atomic mass is 9.85. The van der Waals surface area contributed by atoms with Crippen LogP contribution < -0.4 is 10.9 Å². The molecule has 10 nitrogen and oxygen atoms in total. The Morgan fingerprint density at radius 1 is 1.23 bits per heavy atom. The Balaban J connectivity index is 1.80. The van der Waals surface area contributed by atoms with Crippen molar-refractivity contribution in [3.05, 3.63) is 52.4 Å². The zero-order valence-corrected chi connectivity index (χ0v) is 16.5. The van der Waals surface area contributed by atoms with Crippen LogP contribution in [0.2, 0.25) is 0 Å². The first-order chi connectivity index (χ1) is 15.0. The predicted molar refractivity (Wildman–Crippen MR) is 112 cm³/mol. The topological polar surface area (TPSA) is 151 Å². The van der Waals surface area contributed by atoms with E-state index in [1.54, 1.807) is 35.0 Å². The molecular formula is C21H19N7O3. The second kappa shape index (κ2) is 7.84. The number of likely N-dealkylation sites (tertiary alicyclic amines) is 1. The van der Waals surface area contributed by atoms with Crippen LogP contribution in [-0.2, 0) is 5.54 Å². The van der Waals surface area contributed by atoms with Crippen molar-refractivity contribution in [2.75, 3.05) is 18.4 Å². The number of benzene rings is 1. The number of pyridine rings is 1. The van der Waals surface area contributed by atoms with Crippen molar-refractivity contribution in [2.24, 2.45) is 0 Å². The number of carboxylic acid groups (broad SMARTS) is 1. The number of nitrogens with zero attached hydrogens (tertiary/aromatic N) is 5. The highest BCUT2D eigenvalue weighted by molar-refractivity contribution is 5.91. The van der Waals surface area contributed by atoms with Crippen LogP contribution in [0.5, 0.6) is 0 Å². The van der Waals surface area contributed by atoms with Gasteiger partial charge in [-0.25, -0.2) is 4.79 Å². The number of hydrogen-bond acceptors (Lipinski definition) is 6. The van der Waals surface area contributed by atoms with Crippen LogP contribution >= 0.6 is 0 Å². The molecule has 1 aromatic carbocycles. The third kappa shape index (κ3) is 3.55. The van der Waals surface area contributed by atoms with E-state index >= 15 is 0 Å². The van der Waals surface area contributed by atoms with E-state index in [2.05, 4.69) is 27.5 Å². The van der Waals surface area contributed by atoms with E-state index < -0.39 is 11.6 Å². The number of aromatic nitrogens is 3. The molecule has 1 amide bonds. The molecule has 1 aliphatic rings. The summed E-state index contributed by atoms with van der Waals surface area (Å²) >= 11 is 0. The second-order valence-corrected chi connectivity index (χ2v) is 7.47. The molecular weight excluding hydrogens is 398 g/mol. The third-order valence-electron chi connectivity index (χ3n) is 5.70. The summed E-state index contributed by atoms with van der Waals surface area (Å²) in [6.07, 6.45) is 1.50. The van der Waals surface area contributed by atoms with E-state index in [1.165, 1.54) is 11.1 Å². The van der Waals surface area contributed by atoms with Crippen molar-refractivity contribution in [3.8, 4) is 12.1 Å². The van der Waals surface area contributed by atoms with Gasteiger partial charge in [-0.05, 0) is 43.2 Å². The van der Waals surface area contributed by atoms with E-state index in [1.807, 2.05) is 0 Å². The Labute approximate surface area is 176 Å². The highest BCUT2D eigenvalue weighted by Crippen LogP contribution is 2.37. The van der Waals surface area contributed by atoms with Crippen LogP contribution in [0.1, 0.15) is 24.8 Å². The number of H-pyrrole nitrogens is 1. The monoisotopic (exact) mass is 417 g/mol. The van der Waals surface area contributed by atoms with Crippen LogP contribution in [0, 0.1) is 22.7 Å². The highest BCUT2D eigenvalue weighted by Gasteiger charge is 2.40. The number of piperidine rings is 1. The highest BCUT2D eigenvalue weighted by atomic mass is 16.4. The standard InChI is InChI=1S/C21H19N7O3/c22-9-6-21(7-11-27(12-8-21)20(30)31)28-16-5-10-24-19(29)17(16)18(26-28)25-15-3-1-14(13-23)2-4-15/h1-5,10H,6-8,11-12H2,(H,24,29)(H,25,26)(H,30,31). The van der Waals surface area contributed by atoms with Crippen molar-refractivity contribution >= 4 is 28.5 Å². The summed E-state index contributed by atoms with van der Waals surface area (Å²) in [5.41, 5.74) is 0.687. The first kappa shape index (κ1) is 20.0. The lowest BCUT2D eigenvalue weighted by molar-refractivity contribution is 0.0912. The number of carbonyl (C=O) groups is 1. The number of amides is 1. The van der Waals surface area contributed by atoms with E-state index in [9.17, 15) is 20.0 Å². The maximum Gasteiger partial charge on any atom is 0.407 e. The van der Waals surface area contributed by atoms with Crippen LogP contribution in [0.25, 0.3) is 10.9 Å². The molecule has 0 aliphatic carbocycles. The molecule has 0 saturated carbocycles. The fraction of sp³-hybridized carbons (Fsp3) is 0.286. The molecule has 1 fully saturated rings. The quantitative estimate of drug-likeness (QED) is 0.590. The number of nitrogens with one attached hydrogen (secondary N) is 2. The minimum Gasteiger partial charge on any atom is -0.465 e. The van der Waals surface area contributed by atoms with Gasteiger partial charge in [-0.15, -0.1) is 0 Å². The molecule has 1 saturated heterocycles. The molecule has 4 rings (SSSR count). The molecule has 0 bridgehead atoms. The van der Waals surface area contributed by atoms with E-state index in [-0.39, 0.29) is 25.1 Å². The minimum atomic E-state index is -0.990. The average molecular weight is 417 g/mol. The molecule has 0 unspecified atom stereocenters. The zero-order chi connectivity index (χ0) is 22.0. The van der Waals surface area contributed by atoms with Gasteiger partial charge in [0, 0.05) is 25.0 Å². The smallest absolute Gasteiger partial charge is 0.407 e. The summed E-state index contributed by atoms with van der Waals surface area (Å²) in [6.45, 7) is 0.555. The molecule has 31 heavy (non-hydrogen) atoms. The normalized spacial score (nSPS) is 15.2. The molecule has 156 valence electrons. The Hall–Kier alpha value is -4.31. The predicted octanol–water partition coefficient (Wildman–Crippen LogP) is 2.72. The Morgan fingerprint density at radius 2 is 1.94 bits per heavy atom. The van der Waals surface area contributed by atoms with Gasteiger partial charge in [0.05, 0.1) is 35.2 Å². The number of anilines is 2. The molecule has 3 N–H and O–H groups in total. The van der Waals surface area contributed by atoms with Crippen LogP contribution in [0.3, 0.4) is 0 Å². The fourth-order valence-corrected chi connectivity index (χ4v) is 4.02. The number of aromatic amines is 1. The average Bonchev–Trinajstić information content (AvgIpc) is 3.15. The third-order valence-corrected chi connectivity index (χ3v) is 5.70. The van der Waals surface area contributed by atoms with Gasteiger partial charge in [0.2, 0.25) is 0 Å². The van der Waals surface area contributed by atoms with Gasteiger partial charge in [0.1, 0.15) is 5.39 Å². The summed E-state index contributed by atoms with van der Waals surface area (Å²) in [7, 11) is 0. The van der Waals surface area contributed by atoms with Gasteiger partial charge in [-0.3, -0.25) is 9.48 Å². The van der Waals surface area contributed by atoms with Gasteiger partial charge >= 0.3 is 6.09 Å². The molecule has 1 aliphatic heterocycles. The van der Waals surface area contributed by atoms with Crippen molar-refractivity contribution in [1.82, 2.24) is 19.7 Å². The minimum absolute atomic E-state index is 0.139. The Morgan fingerprint density at radius 3 is 2.55 bits per heavy atom. The lowest BCUT2D eigenvalue weighted by Crippen LogP contribution is -2.48. The van der Waals surface area contributed by atoms with Gasteiger partial charge < -0.3 is 20.3 Å². The first-order valence-electron chi connectivity index (χ1n) is 9.70. The summed E-state index contributed by atoms with van der Waals surface area (Å²) in [5.74, 6) is 0.333.